The van der Waals surface area contributed by atoms with E-state index in [1.165, 1.54) is 28.7 Å². The summed E-state index contributed by atoms with van der Waals surface area (Å²) < 4.78 is 3.86. The molecule has 3 aromatic heterocycles. The molecule has 0 aliphatic heterocycles. The van der Waals surface area contributed by atoms with E-state index < -0.39 is 0 Å². The van der Waals surface area contributed by atoms with Gasteiger partial charge in [0, 0.05) is 28.4 Å². The number of rotatable bonds is 8. The van der Waals surface area contributed by atoms with E-state index in [-0.39, 0.29) is 17.1 Å². The Morgan fingerprint density at radius 1 is 0.973 bits per heavy atom. The molecule has 0 fully saturated rings. The molecule has 5 aromatic rings. The fraction of sp³-hybridized carbons (Fsp3) is 0.233. The van der Waals surface area contributed by atoms with Crippen LogP contribution in [0.3, 0.4) is 0 Å². The molecule has 0 bridgehead atoms. The number of aryl methyl sites for hydroxylation is 4. The van der Waals surface area contributed by atoms with Crippen molar-refractivity contribution >= 4 is 39.1 Å². The molecule has 7 heteroatoms. The minimum Gasteiger partial charge on any atom is -0.348 e. The minimum absolute atomic E-state index is 0.0385. The maximum atomic E-state index is 13.6. The highest BCUT2D eigenvalue weighted by atomic mass is 32.2. The zero-order valence-electron chi connectivity index (χ0n) is 21.4. The Morgan fingerprint density at radius 3 is 2.35 bits per heavy atom. The Morgan fingerprint density at radius 2 is 1.65 bits per heavy atom. The standard InChI is InChI=1S/C30H29N3O2S2/c1-19-17-25(21(3)32(19)16-15-23-11-7-5-8-12-23)26(34)18-36-30-31-28-27(20(2)22(4)37-28)29(35)33(30)24-13-9-6-10-14-24/h5-14,17H,15-16,18H2,1-4H3. The van der Waals surface area contributed by atoms with Gasteiger partial charge in [-0.2, -0.15) is 0 Å². The number of thiophene rings is 1. The van der Waals surface area contributed by atoms with Crippen LogP contribution in [0.2, 0.25) is 0 Å². The molecular formula is C30H29N3O2S2. The van der Waals surface area contributed by atoms with Crippen molar-refractivity contribution in [1.82, 2.24) is 14.1 Å². The Hall–Kier alpha value is -3.42. The zero-order chi connectivity index (χ0) is 26.1. The highest BCUT2D eigenvalue weighted by Crippen LogP contribution is 2.30. The van der Waals surface area contributed by atoms with Gasteiger partial charge in [0.25, 0.3) is 5.56 Å². The average Bonchev–Trinajstić information content (AvgIpc) is 3.36. The molecule has 0 radical (unpaired) electrons. The molecule has 0 saturated carbocycles. The van der Waals surface area contributed by atoms with Gasteiger partial charge in [0.1, 0.15) is 4.83 Å². The Bertz CT molecular complexity index is 1650. The van der Waals surface area contributed by atoms with Crippen LogP contribution in [0, 0.1) is 27.7 Å². The summed E-state index contributed by atoms with van der Waals surface area (Å²) in [6.45, 7) is 8.86. The fourth-order valence-corrected chi connectivity index (χ4v) is 6.66. The molecule has 0 spiro atoms. The molecule has 0 N–H and O–H groups in total. The number of fused-ring (bicyclic) bond motifs is 1. The van der Waals surface area contributed by atoms with Gasteiger partial charge in [-0.05, 0) is 63.4 Å². The second-order valence-electron chi connectivity index (χ2n) is 9.22. The Labute approximate surface area is 224 Å². The van der Waals surface area contributed by atoms with Crippen molar-refractivity contribution in [3.8, 4) is 5.69 Å². The van der Waals surface area contributed by atoms with Crippen molar-refractivity contribution in [2.45, 2.75) is 45.8 Å². The number of hydrogen-bond donors (Lipinski definition) is 0. The van der Waals surface area contributed by atoms with Gasteiger partial charge in [0.2, 0.25) is 0 Å². The van der Waals surface area contributed by atoms with Gasteiger partial charge in [0.15, 0.2) is 10.9 Å². The van der Waals surface area contributed by atoms with E-state index in [0.717, 1.165) is 50.9 Å². The van der Waals surface area contributed by atoms with E-state index in [1.54, 1.807) is 4.57 Å². The second kappa shape index (κ2) is 10.5. The van der Waals surface area contributed by atoms with E-state index in [1.807, 2.05) is 70.2 Å². The number of ketones is 1. The summed E-state index contributed by atoms with van der Waals surface area (Å²) in [5, 5.41) is 1.19. The van der Waals surface area contributed by atoms with Crippen molar-refractivity contribution in [3.05, 3.63) is 110 Å². The van der Waals surface area contributed by atoms with E-state index in [2.05, 4.69) is 28.8 Å². The molecule has 188 valence electrons. The summed E-state index contributed by atoms with van der Waals surface area (Å²) >= 11 is 2.85. The van der Waals surface area contributed by atoms with Gasteiger partial charge in [-0.15, -0.1) is 11.3 Å². The molecule has 3 heterocycles. The first-order chi connectivity index (χ1) is 17.8. The van der Waals surface area contributed by atoms with Gasteiger partial charge in [-0.3, -0.25) is 14.2 Å². The first kappa shape index (κ1) is 25.2. The van der Waals surface area contributed by atoms with Crippen LogP contribution in [0.1, 0.15) is 37.7 Å². The normalized spacial score (nSPS) is 11.4. The Kier molecular flexibility index (Phi) is 7.17. The van der Waals surface area contributed by atoms with Crippen molar-refractivity contribution in [3.63, 3.8) is 0 Å². The summed E-state index contributed by atoms with van der Waals surface area (Å²) in [6, 6.07) is 21.9. The van der Waals surface area contributed by atoms with Gasteiger partial charge in [-0.1, -0.05) is 60.3 Å². The van der Waals surface area contributed by atoms with Gasteiger partial charge >= 0.3 is 0 Å². The molecule has 0 unspecified atom stereocenters. The molecule has 0 aliphatic carbocycles. The molecule has 0 aliphatic rings. The van der Waals surface area contributed by atoms with Crippen LogP contribution in [-0.4, -0.2) is 25.7 Å². The number of carbonyl (C=O) groups is 1. The lowest BCUT2D eigenvalue weighted by atomic mass is 10.1. The predicted molar refractivity (Wildman–Crippen MR) is 154 cm³/mol. The number of Topliss-reactive ketones (excluding diaryl/α,β-unsaturated/α-hetero) is 1. The third kappa shape index (κ3) is 4.93. The maximum Gasteiger partial charge on any atom is 0.267 e. The number of thioether (sulfide) groups is 1. The van der Waals surface area contributed by atoms with Crippen LogP contribution in [0.5, 0.6) is 0 Å². The SMILES string of the molecule is Cc1sc2nc(SCC(=O)c3cc(C)n(CCc4ccccc4)c3C)n(-c3ccccc3)c(=O)c2c1C. The minimum atomic E-state index is -0.0907. The lowest BCUT2D eigenvalue weighted by molar-refractivity contribution is 0.102. The summed E-state index contributed by atoms with van der Waals surface area (Å²) in [5.74, 6) is 0.244. The summed E-state index contributed by atoms with van der Waals surface area (Å²) in [7, 11) is 0. The van der Waals surface area contributed by atoms with E-state index in [4.69, 9.17) is 4.98 Å². The van der Waals surface area contributed by atoms with Crippen LogP contribution in [0.4, 0.5) is 0 Å². The molecular weight excluding hydrogens is 498 g/mol. The van der Waals surface area contributed by atoms with E-state index in [9.17, 15) is 9.59 Å². The predicted octanol–water partition coefficient (Wildman–Crippen LogP) is 6.70. The first-order valence-corrected chi connectivity index (χ1v) is 14.1. The number of hydrogen-bond acceptors (Lipinski definition) is 5. The summed E-state index contributed by atoms with van der Waals surface area (Å²) in [5.41, 5.74) is 5.69. The van der Waals surface area contributed by atoms with Crippen molar-refractivity contribution in [1.29, 1.82) is 0 Å². The van der Waals surface area contributed by atoms with E-state index >= 15 is 0 Å². The molecule has 0 amide bonds. The lowest BCUT2D eigenvalue weighted by Gasteiger charge is -2.12. The largest absolute Gasteiger partial charge is 0.348 e. The van der Waals surface area contributed by atoms with Crippen LogP contribution >= 0.6 is 23.1 Å². The number of nitrogens with zero attached hydrogens (tertiary/aromatic N) is 3. The molecule has 2 aromatic carbocycles. The number of para-hydroxylation sites is 1. The smallest absolute Gasteiger partial charge is 0.267 e. The highest BCUT2D eigenvalue weighted by molar-refractivity contribution is 7.99. The van der Waals surface area contributed by atoms with E-state index in [0.29, 0.717) is 10.5 Å². The topological polar surface area (TPSA) is 56.9 Å². The van der Waals surface area contributed by atoms with Crippen molar-refractivity contribution < 1.29 is 4.79 Å². The lowest BCUT2D eigenvalue weighted by Crippen LogP contribution is -2.22. The first-order valence-electron chi connectivity index (χ1n) is 12.3. The molecule has 37 heavy (non-hydrogen) atoms. The third-order valence-corrected chi connectivity index (χ3v) is 8.90. The van der Waals surface area contributed by atoms with Crippen molar-refractivity contribution in [2.24, 2.45) is 0 Å². The van der Waals surface area contributed by atoms with Crippen molar-refractivity contribution in [2.75, 3.05) is 5.75 Å². The highest BCUT2D eigenvalue weighted by Gasteiger charge is 2.21. The van der Waals surface area contributed by atoms with Crippen LogP contribution in [-0.2, 0) is 13.0 Å². The fourth-order valence-electron chi connectivity index (χ4n) is 4.70. The van der Waals surface area contributed by atoms with Gasteiger partial charge in [0.05, 0.1) is 16.8 Å². The third-order valence-electron chi connectivity index (χ3n) is 6.86. The monoisotopic (exact) mass is 527 g/mol. The average molecular weight is 528 g/mol. The molecule has 5 nitrogen and oxygen atoms in total. The molecule has 0 atom stereocenters. The summed E-state index contributed by atoms with van der Waals surface area (Å²) in [4.78, 5) is 33.7. The van der Waals surface area contributed by atoms with Gasteiger partial charge < -0.3 is 4.57 Å². The quantitative estimate of drug-likeness (QED) is 0.128. The van der Waals surface area contributed by atoms with Gasteiger partial charge in [-0.25, -0.2) is 4.98 Å². The molecule has 0 saturated heterocycles. The second-order valence-corrected chi connectivity index (χ2v) is 11.4. The van der Waals surface area contributed by atoms with Crippen LogP contribution in [0.15, 0.2) is 76.7 Å². The number of aromatic nitrogens is 3. The summed E-state index contributed by atoms with van der Waals surface area (Å²) in [6.07, 6.45) is 0.909. The zero-order valence-corrected chi connectivity index (χ0v) is 23.1. The van der Waals surface area contributed by atoms with Crippen LogP contribution in [0.25, 0.3) is 15.9 Å². The van der Waals surface area contributed by atoms with Crippen LogP contribution < -0.4 is 5.56 Å². The molecule has 5 rings (SSSR count). The maximum absolute atomic E-state index is 13.6. The Balaban J connectivity index is 1.43. The number of carbonyl (C=O) groups excluding carboxylic acids is 1. The number of benzene rings is 2.